The summed E-state index contributed by atoms with van der Waals surface area (Å²) >= 11 is 0. The molecule has 0 spiro atoms. The van der Waals surface area contributed by atoms with E-state index in [0.29, 0.717) is 6.10 Å². The smallest absolute Gasteiger partial charge is 0.187 e. The van der Waals surface area contributed by atoms with E-state index in [-0.39, 0.29) is 18.5 Å². The van der Waals surface area contributed by atoms with Gasteiger partial charge in [0.15, 0.2) is 12.1 Å². The zero-order valence-electron chi connectivity index (χ0n) is 7.86. The van der Waals surface area contributed by atoms with Gasteiger partial charge in [0.25, 0.3) is 0 Å². The predicted molar refractivity (Wildman–Crippen MR) is 43.1 cm³/mol. The van der Waals surface area contributed by atoms with Crippen molar-refractivity contribution in [1.29, 1.82) is 0 Å². The highest BCUT2D eigenvalue weighted by Gasteiger charge is 2.52. The Kier molecular flexibility index (Phi) is 1.54. The summed E-state index contributed by atoms with van der Waals surface area (Å²) < 4.78 is 22.1. The predicted octanol–water partition coefficient (Wildman–Crippen LogP) is 0.652. The third-order valence-corrected chi connectivity index (χ3v) is 2.69. The number of epoxide rings is 1. The topological polar surface area (TPSA) is 40.2 Å². The molecule has 4 nitrogen and oxygen atoms in total. The lowest BCUT2D eigenvalue weighted by Gasteiger charge is -2.19. The lowest BCUT2D eigenvalue weighted by molar-refractivity contribution is -0.206. The lowest BCUT2D eigenvalue weighted by atomic mass is 10.1. The minimum absolute atomic E-state index is 0.101. The van der Waals surface area contributed by atoms with Crippen molar-refractivity contribution in [3.8, 4) is 0 Å². The van der Waals surface area contributed by atoms with Crippen molar-refractivity contribution in [1.82, 2.24) is 0 Å². The summed E-state index contributed by atoms with van der Waals surface area (Å²) in [7, 11) is 0. The number of ether oxygens (including phenoxy) is 4. The highest BCUT2D eigenvalue weighted by molar-refractivity contribution is 4.92. The molecule has 3 heterocycles. The molecule has 0 aromatic rings. The molecule has 0 aromatic heterocycles. The molecule has 74 valence electrons. The molecule has 0 N–H and O–H groups in total. The van der Waals surface area contributed by atoms with Crippen molar-refractivity contribution < 1.29 is 18.9 Å². The second-order valence-electron chi connectivity index (χ2n) is 4.32. The number of fused-ring (bicyclic) bond motifs is 1. The van der Waals surface area contributed by atoms with Gasteiger partial charge in [-0.25, -0.2) is 0 Å². The van der Waals surface area contributed by atoms with Crippen LogP contribution in [-0.4, -0.2) is 37.0 Å². The first-order valence-electron chi connectivity index (χ1n) is 4.77. The summed E-state index contributed by atoms with van der Waals surface area (Å²) in [6.45, 7) is 4.65. The van der Waals surface area contributed by atoms with Gasteiger partial charge < -0.3 is 18.9 Å². The first-order chi connectivity index (χ1) is 6.14. The van der Waals surface area contributed by atoms with Crippen molar-refractivity contribution in [2.45, 2.75) is 50.7 Å². The molecule has 0 aliphatic carbocycles. The van der Waals surface area contributed by atoms with E-state index in [9.17, 15) is 0 Å². The fraction of sp³-hybridized carbons (Fsp3) is 1.00. The van der Waals surface area contributed by atoms with E-state index in [4.69, 9.17) is 18.9 Å². The Morgan fingerprint density at radius 1 is 1.08 bits per heavy atom. The molecule has 0 aromatic carbocycles. The van der Waals surface area contributed by atoms with Gasteiger partial charge in [-0.3, -0.25) is 0 Å². The standard InChI is InChI=1S/C9H14O4/c1-9(2)12-6-3-5(7-4-10-7)11-8(6)13-9/h5-8H,3-4H2,1-2H3/t5-,6-,7-,8-/m1/s1. The van der Waals surface area contributed by atoms with Gasteiger partial charge >= 0.3 is 0 Å². The van der Waals surface area contributed by atoms with Crippen molar-refractivity contribution in [3.05, 3.63) is 0 Å². The fourth-order valence-corrected chi connectivity index (χ4v) is 2.04. The van der Waals surface area contributed by atoms with Crippen LogP contribution in [0, 0.1) is 0 Å². The van der Waals surface area contributed by atoms with Crippen LogP contribution in [0.3, 0.4) is 0 Å². The van der Waals surface area contributed by atoms with Gasteiger partial charge in [-0.1, -0.05) is 0 Å². The molecule has 0 unspecified atom stereocenters. The summed E-state index contributed by atoms with van der Waals surface area (Å²) in [6, 6.07) is 0. The Hall–Kier alpha value is -0.160. The van der Waals surface area contributed by atoms with E-state index in [1.54, 1.807) is 0 Å². The molecule has 3 fully saturated rings. The largest absolute Gasteiger partial charge is 0.370 e. The summed E-state index contributed by atoms with van der Waals surface area (Å²) in [5.41, 5.74) is 0. The molecule has 0 saturated carbocycles. The van der Waals surface area contributed by atoms with E-state index in [0.717, 1.165) is 13.0 Å². The van der Waals surface area contributed by atoms with Crippen LogP contribution < -0.4 is 0 Å². The van der Waals surface area contributed by atoms with Crippen LogP contribution in [0.4, 0.5) is 0 Å². The summed E-state index contributed by atoms with van der Waals surface area (Å²) in [6.07, 6.45) is 1.30. The maximum Gasteiger partial charge on any atom is 0.187 e. The average molecular weight is 186 g/mol. The van der Waals surface area contributed by atoms with E-state index in [1.807, 2.05) is 13.8 Å². The van der Waals surface area contributed by atoms with Crippen molar-refractivity contribution in [3.63, 3.8) is 0 Å². The van der Waals surface area contributed by atoms with Gasteiger partial charge in [-0.05, 0) is 13.8 Å². The first kappa shape index (κ1) is 8.17. The Bertz CT molecular complexity index is 208. The molecule has 3 rings (SSSR count). The van der Waals surface area contributed by atoms with Crippen molar-refractivity contribution in [2.24, 2.45) is 0 Å². The number of hydrogen-bond donors (Lipinski definition) is 0. The second kappa shape index (κ2) is 2.45. The van der Waals surface area contributed by atoms with Gasteiger partial charge in [-0.15, -0.1) is 0 Å². The number of rotatable bonds is 1. The van der Waals surface area contributed by atoms with E-state index < -0.39 is 5.79 Å². The Balaban J connectivity index is 1.66. The van der Waals surface area contributed by atoms with Gasteiger partial charge in [0, 0.05) is 6.42 Å². The molecule has 13 heavy (non-hydrogen) atoms. The van der Waals surface area contributed by atoms with Crippen molar-refractivity contribution in [2.75, 3.05) is 6.61 Å². The van der Waals surface area contributed by atoms with Crippen molar-refractivity contribution >= 4 is 0 Å². The SMILES string of the molecule is CC1(C)O[C@H]2O[C@@H]([C@H]3CO3)C[C@H]2O1. The summed E-state index contributed by atoms with van der Waals surface area (Å²) in [5.74, 6) is -0.481. The molecule has 0 bridgehead atoms. The molecule has 4 heteroatoms. The molecular weight excluding hydrogens is 172 g/mol. The molecule has 0 amide bonds. The fourth-order valence-electron chi connectivity index (χ4n) is 2.04. The third kappa shape index (κ3) is 1.38. The number of hydrogen-bond acceptors (Lipinski definition) is 4. The zero-order chi connectivity index (χ0) is 9.05. The Labute approximate surface area is 77.1 Å². The maximum absolute atomic E-state index is 5.68. The maximum atomic E-state index is 5.68. The van der Waals surface area contributed by atoms with Gasteiger partial charge in [-0.2, -0.15) is 0 Å². The van der Waals surface area contributed by atoms with Crippen LogP contribution in [-0.2, 0) is 18.9 Å². The monoisotopic (exact) mass is 186 g/mol. The Morgan fingerprint density at radius 3 is 2.46 bits per heavy atom. The van der Waals surface area contributed by atoms with Crippen LogP contribution >= 0.6 is 0 Å². The highest BCUT2D eigenvalue weighted by Crippen LogP contribution is 2.39. The van der Waals surface area contributed by atoms with Gasteiger partial charge in [0.05, 0.1) is 12.7 Å². The molecule has 3 saturated heterocycles. The molecular formula is C9H14O4. The zero-order valence-corrected chi connectivity index (χ0v) is 7.86. The summed E-state index contributed by atoms with van der Waals surface area (Å²) in [4.78, 5) is 0. The van der Waals surface area contributed by atoms with Crippen LogP contribution in [0.5, 0.6) is 0 Å². The average Bonchev–Trinajstić information content (AvgIpc) is 2.71. The molecule has 4 atom stereocenters. The van der Waals surface area contributed by atoms with E-state index >= 15 is 0 Å². The normalized spacial score (nSPS) is 52.2. The van der Waals surface area contributed by atoms with Crippen LogP contribution in [0.2, 0.25) is 0 Å². The molecule has 3 aliphatic rings. The van der Waals surface area contributed by atoms with Crippen LogP contribution in [0.15, 0.2) is 0 Å². The molecule has 3 aliphatic heterocycles. The van der Waals surface area contributed by atoms with Gasteiger partial charge in [0.2, 0.25) is 0 Å². The minimum Gasteiger partial charge on any atom is -0.370 e. The van der Waals surface area contributed by atoms with Crippen LogP contribution in [0.25, 0.3) is 0 Å². The quantitative estimate of drug-likeness (QED) is 0.564. The lowest BCUT2D eigenvalue weighted by Crippen LogP contribution is -2.26. The highest BCUT2D eigenvalue weighted by atomic mass is 16.8. The van der Waals surface area contributed by atoms with Crippen LogP contribution in [0.1, 0.15) is 20.3 Å². The van der Waals surface area contributed by atoms with E-state index in [2.05, 4.69) is 0 Å². The minimum atomic E-state index is -0.481. The molecule has 0 radical (unpaired) electrons. The van der Waals surface area contributed by atoms with Gasteiger partial charge in [0.1, 0.15) is 12.2 Å². The first-order valence-corrected chi connectivity index (χ1v) is 4.77. The second-order valence-corrected chi connectivity index (χ2v) is 4.32. The third-order valence-electron chi connectivity index (χ3n) is 2.69. The summed E-state index contributed by atoms with van der Waals surface area (Å²) in [5, 5.41) is 0. The Morgan fingerprint density at radius 2 is 1.85 bits per heavy atom. The van der Waals surface area contributed by atoms with E-state index in [1.165, 1.54) is 0 Å².